The molecule has 1 fully saturated rings. The van der Waals surface area contributed by atoms with Crippen molar-refractivity contribution >= 4 is 23.1 Å². The zero-order valence-electron chi connectivity index (χ0n) is 11.1. The van der Waals surface area contributed by atoms with Gasteiger partial charge in [-0.05, 0) is 5.56 Å². The third-order valence-corrected chi connectivity index (χ3v) is 5.92. The van der Waals surface area contributed by atoms with Gasteiger partial charge in [-0.3, -0.25) is 0 Å². The Morgan fingerprint density at radius 3 is 2.75 bits per heavy atom. The summed E-state index contributed by atoms with van der Waals surface area (Å²) in [5, 5.41) is 10.5. The average Bonchev–Trinajstić information content (AvgIpc) is 2.92. The van der Waals surface area contributed by atoms with Crippen LogP contribution in [0, 0.1) is 5.41 Å². The Bertz CT molecular complexity index is 547. The van der Waals surface area contributed by atoms with Gasteiger partial charge in [0.2, 0.25) is 0 Å². The van der Waals surface area contributed by atoms with Crippen molar-refractivity contribution in [3.05, 3.63) is 41.5 Å². The Morgan fingerprint density at radius 1 is 1.30 bits per heavy atom. The SMILES string of the molecule is OCC1(CSCc2ncc(-c3ccccc3)s2)COC1. The molecule has 106 valence electrons. The molecule has 0 spiro atoms. The van der Waals surface area contributed by atoms with Gasteiger partial charge in [-0.2, -0.15) is 11.8 Å². The highest BCUT2D eigenvalue weighted by Gasteiger charge is 2.37. The Morgan fingerprint density at radius 2 is 2.10 bits per heavy atom. The van der Waals surface area contributed by atoms with Gasteiger partial charge in [0.25, 0.3) is 0 Å². The Kier molecular flexibility index (Phi) is 4.41. The summed E-state index contributed by atoms with van der Waals surface area (Å²) in [7, 11) is 0. The fourth-order valence-electron chi connectivity index (χ4n) is 2.08. The van der Waals surface area contributed by atoms with Gasteiger partial charge in [-0.15, -0.1) is 11.3 Å². The van der Waals surface area contributed by atoms with Crippen molar-refractivity contribution in [3.8, 4) is 10.4 Å². The predicted molar refractivity (Wildman–Crippen MR) is 84.0 cm³/mol. The minimum Gasteiger partial charge on any atom is -0.396 e. The molecule has 0 saturated carbocycles. The molecule has 2 heterocycles. The number of hydrogen-bond donors (Lipinski definition) is 1. The number of aliphatic hydroxyl groups is 1. The number of hydrogen-bond acceptors (Lipinski definition) is 5. The molecule has 3 nitrogen and oxygen atoms in total. The van der Waals surface area contributed by atoms with Crippen molar-refractivity contribution in [2.75, 3.05) is 25.6 Å². The van der Waals surface area contributed by atoms with E-state index in [1.165, 1.54) is 10.4 Å². The number of ether oxygens (including phenoxy) is 1. The molecule has 0 unspecified atom stereocenters. The Balaban J connectivity index is 1.55. The molecule has 0 aliphatic carbocycles. The lowest BCUT2D eigenvalue weighted by molar-refractivity contribution is -0.121. The second kappa shape index (κ2) is 6.26. The number of rotatable bonds is 6. The molecule has 5 heteroatoms. The van der Waals surface area contributed by atoms with Crippen LogP contribution in [0.15, 0.2) is 36.5 Å². The van der Waals surface area contributed by atoms with E-state index in [1.807, 2.05) is 36.2 Å². The number of benzene rings is 1. The third-order valence-electron chi connectivity index (χ3n) is 3.40. The number of nitrogens with zero attached hydrogens (tertiary/aromatic N) is 1. The van der Waals surface area contributed by atoms with E-state index in [4.69, 9.17) is 4.74 Å². The third kappa shape index (κ3) is 3.06. The Hall–Kier alpha value is -0.880. The van der Waals surface area contributed by atoms with Crippen LogP contribution in [0.1, 0.15) is 5.01 Å². The second-order valence-electron chi connectivity index (χ2n) is 5.13. The van der Waals surface area contributed by atoms with Crippen molar-refractivity contribution in [1.82, 2.24) is 4.98 Å². The predicted octanol–water partition coefficient (Wildman–Crippen LogP) is 3.05. The van der Waals surface area contributed by atoms with E-state index in [0.29, 0.717) is 13.2 Å². The molecule has 0 amide bonds. The second-order valence-corrected chi connectivity index (χ2v) is 7.23. The van der Waals surface area contributed by atoms with E-state index >= 15 is 0 Å². The van der Waals surface area contributed by atoms with Crippen LogP contribution in [-0.4, -0.2) is 35.7 Å². The van der Waals surface area contributed by atoms with Crippen LogP contribution in [0.5, 0.6) is 0 Å². The molecule has 1 aromatic carbocycles. The summed E-state index contributed by atoms with van der Waals surface area (Å²) in [4.78, 5) is 5.70. The average molecular weight is 307 g/mol. The lowest BCUT2D eigenvalue weighted by Gasteiger charge is -2.39. The highest BCUT2D eigenvalue weighted by atomic mass is 32.2. The van der Waals surface area contributed by atoms with Gasteiger partial charge in [-0.1, -0.05) is 30.3 Å². The summed E-state index contributed by atoms with van der Waals surface area (Å²) in [5.74, 6) is 1.84. The number of aliphatic hydroxyl groups excluding tert-OH is 1. The van der Waals surface area contributed by atoms with E-state index in [1.54, 1.807) is 11.3 Å². The molecule has 1 saturated heterocycles. The maximum absolute atomic E-state index is 9.38. The normalized spacial score (nSPS) is 16.9. The van der Waals surface area contributed by atoms with Crippen molar-refractivity contribution in [2.24, 2.45) is 5.41 Å². The van der Waals surface area contributed by atoms with Crippen molar-refractivity contribution in [1.29, 1.82) is 0 Å². The lowest BCUT2D eigenvalue weighted by Crippen LogP contribution is -2.47. The van der Waals surface area contributed by atoms with Crippen molar-refractivity contribution < 1.29 is 9.84 Å². The molecule has 1 N–H and O–H groups in total. The molecular weight excluding hydrogens is 290 g/mol. The van der Waals surface area contributed by atoms with Crippen LogP contribution in [0.25, 0.3) is 10.4 Å². The largest absolute Gasteiger partial charge is 0.396 e. The summed E-state index contributed by atoms with van der Waals surface area (Å²) in [6.07, 6.45) is 1.95. The van der Waals surface area contributed by atoms with Gasteiger partial charge in [0.15, 0.2) is 0 Å². The number of thioether (sulfide) groups is 1. The summed E-state index contributed by atoms with van der Waals surface area (Å²) in [6.45, 7) is 1.58. The summed E-state index contributed by atoms with van der Waals surface area (Å²) < 4.78 is 5.21. The molecule has 20 heavy (non-hydrogen) atoms. The maximum atomic E-state index is 9.38. The van der Waals surface area contributed by atoms with Crippen LogP contribution < -0.4 is 0 Å². The first-order valence-electron chi connectivity index (χ1n) is 6.58. The topological polar surface area (TPSA) is 42.4 Å². The first kappa shape index (κ1) is 14.1. The first-order chi connectivity index (χ1) is 9.81. The quantitative estimate of drug-likeness (QED) is 0.890. The zero-order chi connectivity index (χ0) is 13.8. The van der Waals surface area contributed by atoms with Gasteiger partial charge in [0.1, 0.15) is 5.01 Å². The summed E-state index contributed by atoms with van der Waals surface area (Å²) >= 11 is 3.57. The standard InChI is InChI=1S/C15H17NO2S2/c17-8-15(9-18-10-15)11-19-7-14-16-6-13(20-14)12-4-2-1-3-5-12/h1-6,17H,7-11H2. The summed E-state index contributed by atoms with van der Waals surface area (Å²) in [6, 6.07) is 10.3. The minimum absolute atomic E-state index is 0.00974. The molecular formula is C15H17NO2S2. The van der Waals surface area contributed by atoms with Crippen LogP contribution in [0.2, 0.25) is 0 Å². The van der Waals surface area contributed by atoms with E-state index in [-0.39, 0.29) is 12.0 Å². The minimum atomic E-state index is -0.00974. The van der Waals surface area contributed by atoms with E-state index < -0.39 is 0 Å². The van der Waals surface area contributed by atoms with Crippen LogP contribution in [0.4, 0.5) is 0 Å². The van der Waals surface area contributed by atoms with Gasteiger partial charge >= 0.3 is 0 Å². The smallest absolute Gasteiger partial charge is 0.103 e. The Labute approximate surface area is 127 Å². The van der Waals surface area contributed by atoms with E-state index in [2.05, 4.69) is 17.1 Å². The lowest BCUT2D eigenvalue weighted by atomic mass is 9.90. The molecule has 0 atom stereocenters. The van der Waals surface area contributed by atoms with Crippen LogP contribution >= 0.6 is 23.1 Å². The van der Waals surface area contributed by atoms with E-state index in [9.17, 15) is 5.11 Å². The van der Waals surface area contributed by atoms with Gasteiger partial charge < -0.3 is 9.84 Å². The molecule has 0 bridgehead atoms. The van der Waals surface area contributed by atoms with Crippen molar-refractivity contribution in [2.45, 2.75) is 5.75 Å². The van der Waals surface area contributed by atoms with E-state index in [0.717, 1.165) is 16.5 Å². The molecule has 0 radical (unpaired) electrons. The van der Waals surface area contributed by atoms with Crippen molar-refractivity contribution in [3.63, 3.8) is 0 Å². The van der Waals surface area contributed by atoms with Crippen LogP contribution in [0.3, 0.4) is 0 Å². The number of thiazole rings is 1. The zero-order valence-corrected chi connectivity index (χ0v) is 12.8. The molecule has 2 aromatic rings. The maximum Gasteiger partial charge on any atom is 0.103 e. The molecule has 3 rings (SSSR count). The number of aromatic nitrogens is 1. The van der Waals surface area contributed by atoms with Gasteiger partial charge in [0.05, 0.1) is 24.7 Å². The highest BCUT2D eigenvalue weighted by molar-refractivity contribution is 7.98. The fourth-order valence-corrected chi connectivity index (χ4v) is 4.33. The highest BCUT2D eigenvalue weighted by Crippen LogP contribution is 2.33. The van der Waals surface area contributed by atoms with Gasteiger partial charge in [0, 0.05) is 23.1 Å². The molecule has 1 aliphatic heterocycles. The molecule has 1 aliphatic rings. The van der Waals surface area contributed by atoms with Crippen LogP contribution in [-0.2, 0) is 10.5 Å². The molecule has 1 aromatic heterocycles. The first-order valence-corrected chi connectivity index (χ1v) is 8.55. The monoisotopic (exact) mass is 307 g/mol. The summed E-state index contributed by atoms with van der Waals surface area (Å²) in [5.41, 5.74) is 1.21. The van der Waals surface area contributed by atoms with Gasteiger partial charge in [-0.25, -0.2) is 4.98 Å². The fraction of sp³-hybridized carbons (Fsp3) is 0.400.